The second-order valence-electron chi connectivity index (χ2n) is 0.727. The summed E-state index contributed by atoms with van der Waals surface area (Å²) in [4.78, 5) is 9.84. The van der Waals surface area contributed by atoms with E-state index in [2.05, 4.69) is 11.3 Å². The highest BCUT2D eigenvalue weighted by atomic mass is 79.9. The van der Waals surface area contributed by atoms with E-state index in [0.717, 1.165) is 6.08 Å². The highest BCUT2D eigenvalue weighted by Gasteiger charge is 1.81. The van der Waals surface area contributed by atoms with Crippen molar-refractivity contribution in [2.75, 3.05) is 7.11 Å². The molecule has 0 fully saturated rings. The molecule has 0 aromatic carbocycles. The van der Waals surface area contributed by atoms with Gasteiger partial charge in [0.25, 0.3) is 0 Å². The predicted molar refractivity (Wildman–Crippen MR) is 39.8 cm³/mol. The summed E-state index contributed by atoms with van der Waals surface area (Å²) in [7, 11) is 1.31. The number of halogens is 2. The number of carbonyl (C=O) groups excluding carboxylic acids is 1. The summed E-state index contributed by atoms with van der Waals surface area (Å²) >= 11 is 0. The van der Waals surface area contributed by atoms with Crippen LogP contribution in [0.15, 0.2) is 12.7 Å². The van der Waals surface area contributed by atoms with Gasteiger partial charge in [0.15, 0.2) is 0 Å². The molecule has 0 rings (SSSR count). The van der Waals surface area contributed by atoms with Crippen LogP contribution in [0.4, 0.5) is 0 Å². The van der Waals surface area contributed by atoms with Crippen molar-refractivity contribution in [3.8, 4) is 0 Å². The third-order valence-electron chi connectivity index (χ3n) is 0.368. The molecule has 4 heteroatoms. The molecule has 2 nitrogen and oxygen atoms in total. The van der Waals surface area contributed by atoms with Crippen molar-refractivity contribution in [2.45, 2.75) is 0 Å². The van der Waals surface area contributed by atoms with Gasteiger partial charge in [-0.15, -0.1) is 29.4 Å². The number of carbonyl (C=O) groups is 1. The third kappa shape index (κ3) is 9.36. The van der Waals surface area contributed by atoms with E-state index >= 15 is 0 Å². The normalized spacial score (nSPS) is 5.12. The zero-order valence-electron chi connectivity index (χ0n) is 4.42. The van der Waals surface area contributed by atoms with Crippen LogP contribution in [0.2, 0.25) is 0 Å². The van der Waals surface area contributed by atoms with E-state index in [9.17, 15) is 4.79 Å². The molecule has 0 atom stereocenters. The molecule has 0 radical (unpaired) electrons. The second kappa shape index (κ2) is 10.1. The minimum atomic E-state index is -0.394. The molecule has 0 bridgehead atoms. The zero-order chi connectivity index (χ0) is 4.99. The molecule has 0 aromatic heterocycles. The minimum absolute atomic E-state index is 0. The van der Waals surface area contributed by atoms with Gasteiger partial charge in [0.2, 0.25) is 0 Å². The SMILES string of the molecule is Br.C=CC(=O)OC.Cl. The molecule has 50 valence electrons. The molecule has 0 N–H and O–H groups in total. The first-order chi connectivity index (χ1) is 2.81. The van der Waals surface area contributed by atoms with Gasteiger partial charge in [-0.25, -0.2) is 4.79 Å². The Bertz CT molecular complexity index is 74.4. The molecule has 0 heterocycles. The van der Waals surface area contributed by atoms with Crippen molar-refractivity contribution in [1.29, 1.82) is 0 Å². The molecule has 0 unspecified atom stereocenters. The predicted octanol–water partition coefficient (Wildman–Crippen LogP) is 1.35. The minimum Gasteiger partial charge on any atom is -0.466 e. The Labute approximate surface area is 65.1 Å². The summed E-state index contributed by atoms with van der Waals surface area (Å²) < 4.78 is 4.14. The number of esters is 1. The summed E-state index contributed by atoms with van der Waals surface area (Å²) in [5, 5.41) is 0. The van der Waals surface area contributed by atoms with Crippen molar-refractivity contribution in [3.63, 3.8) is 0 Å². The van der Waals surface area contributed by atoms with Gasteiger partial charge in [-0.1, -0.05) is 6.58 Å². The summed E-state index contributed by atoms with van der Waals surface area (Å²) in [6.07, 6.45) is 1.11. The molecule has 0 spiro atoms. The van der Waals surface area contributed by atoms with Crippen molar-refractivity contribution in [3.05, 3.63) is 12.7 Å². The van der Waals surface area contributed by atoms with Gasteiger partial charge in [-0.3, -0.25) is 0 Å². The topological polar surface area (TPSA) is 26.3 Å². The average molecular weight is 203 g/mol. The van der Waals surface area contributed by atoms with Crippen LogP contribution in [0, 0.1) is 0 Å². The maximum absolute atomic E-state index is 9.84. The van der Waals surface area contributed by atoms with Gasteiger partial charge in [0, 0.05) is 6.08 Å². The molecule has 0 saturated heterocycles. The molecule has 0 saturated carbocycles. The van der Waals surface area contributed by atoms with Crippen LogP contribution in [0.1, 0.15) is 0 Å². The van der Waals surface area contributed by atoms with E-state index in [1.165, 1.54) is 7.11 Å². The monoisotopic (exact) mass is 202 g/mol. The lowest BCUT2D eigenvalue weighted by atomic mass is 10.7. The standard InChI is InChI=1S/C4H6O2.BrH.ClH/c1-3-4(5)6-2;;/h3H,1H2,2H3;2*1H. The summed E-state index contributed by atoms with van der Waals surface area (Å²) in [5.41, 5.74) is 0. The van der Waals surface area contributed by atoms with Gasteiger partial charge in [-0.05, 0) is 0 Å². The van der Waals surface area contributed by atoms with Crippen LogP contribution < -0.4 is 0 Å². The van der Waals surface area contributed by atoms with E-state index in [1.807, 2.05) is 0 Å². The summed E-state index contributed by atoms with van der Waals surface area (Å²) in [5.74, 6) is -0.394. The van der Waals surface area contributed by atoms with Crippen molar-refractivity contribution >= 4 is 35.4 Å². The van der Waals surface area contributed by atoms with Crippen molar-refractivity contribution in [2.24, 2.45) is 0 Å². The first-order valence-electron chi connectivity index (χ1n) is 1.51. The molecular weight excluding hydrogens is 195 g/mol. The Kier molecular flexibility index (Phi) is 19.7. The molecule has 0 aliphatic rings. The van der Waals surface area contributed by atoms with Crippen LogP contribution in [-0.4, -0.2) is 13.1 Å². The largest absolute Gasteiger partial charge is 0.466 e. The number of ether oxygens (including phenoxy) is 1. The smallest absolute Gasteiger partial charge is 0.329 e. The Balaban J connectivity index is -0.000000125. The fourth-order valence-electron chi connectivity index (χ4n) is 0.0833. The maximum atomic E-state index is 9.84. The van der Waals surface area contributed by atoms with Gasteiger partial charge in [0.05, 0.1) is 7.11 Å². The van der Waals surface area contributed by atoms with Crippen LogP contribution in [0.25, 0.3) is 0 Å². The molecule has 8 heavy (non-hydrogen) atoms. The second-order valence-corrected chi connectivity index (χ2v) is 0.727. The summed E-state index contributed by atoms with van der Waals surface area (Å²) in [6, 6.07) is 0. The van der Waals surface area contributed by atoms with Crippen molar-refractivity contribution in [1.82, 2.24) is 0 Å². The lowest BCUT2D eigenvalue weighted by Crippen LogP contribution is -1.91. The van der Waals surface area contributed by atoms with Gasteiger partial charge in [0.1, 0.15) is 0 Å². The third-order valence-corrected chi connectivity index (χ3v) is 0.368. The van der Waals surface area contributed by atoms with E-state index in [4.69, 9.17) is 0 Å². The highest BCUT2D eigenvalue weighted by molar-refractivity contribution is 8.93. The van der Waals surface area contributed by atoms with E-state index in [-0.39, 0.29) is 29.4 Å². The first-order valence-corrected chi connectivity index (χ1v) is 1.51. The van der Waals surface area contributed by atoms with Crippen LogP contribution >= 0.6 is 29.4 Å². The Hall–Kier alpha value is -0.0200. The van der Waals surface area contributed by atoms with Gasteiger partial charge < -0.3 is 4.74 Å². The first kappa shape index (κ1) is 15.7. The fourth-order valence-corrected chi connectivity index (χ4v) is 0.0833. The Morgan fingerprint density at radius 2 is 2.12 bits per heavy atom. The van der Waals surface area contributed by atoms with E-state index in [0.29, 0.717) is 0 Å². The van der Waals surface area contributed by atoms with Crippen LogP contribution in [0.3, 0.4) is 0 Å². The van der Waals surface area contributed by atoms with E-state index < -0.39 is 5.97 Å². The maximum Gasteiger partial charge on any atom is 0.329 e. The lowest BCUT2D eigenvalue weighted by molar-refractivity contribution is -0.134. The van der Waals surface area contributed by atoms with Crippen LogP contribution in [0.5, 0.6) is 0 Å². The van der Waals surface area contributed by atoms with Crippen LogP contribution in [-0.2, 0) is 9.53 Å². The number of hydrogen-bond donors (Lipinski definition) is 0. The van der Waals surface area contributed by atoms with Gasteiger partial charge in [-0.2, -0.15) is 0 Å². The lowest BCUT2D eigenvalue weighted by Gasteiger charge is -1.83. The molecule has 0 aromatic rings. The molecule has 0 aliphatic heterocycles. The Morgan fingerprint density at radius 1 is 1.75 bits per heavy atom. The Morgan fingerprint density at radius 3 is 2.12 bits per heavy atom. The van der Waals surface area contributed by atoms with Gasteiger partial charge >= 0.3 is 5.97 Å². The summed E-state index contributed by atoms with van der Waals surface area (Å²) in [6.45, 7) is 3.16. The number of hydrogen-bond acceptors (Lipinski definition) is 2. The number of rotatable bonds is 1. The molecule has 0 amide bonds. The zero-order valence-corrected chi connectivity index (χ0v) is 6.95. The van der Waals surface area contributed by atoms with E-state index in [1.54, 1.807) is 0 Å². The average Bonchev–Trinajstić information content (AvgIpc) is 1.65. The van der Waals surface area contributed by atoms with Crippen molar-refractivity contribution < 1.29 is 9.53 Å². The quantitative estimate of drug-likeness (QED) is 0.475. The molecule has 0 aliphatic carbocycles. The molecular formula is C4H8BrClO2. The number of methoxy groups -OCH3 is 1. The fraction of sp³-hybridized carbons (Fsp3) is 0.250. The highest BCUT2D eigenvalue weighted by Crippen LogP contribution is 1.67.